The zero-order chi connectivity index (χ0) is 9.26. The van der Waals surface area contributed by atoms with Crippen molar-refractivity contribution in [1.82, 2.24) is 20.4 Å². The molecule has 0 atom stereocenters. The number of pyridine rings is 1. The maximum atomic E-state index is 11.0. The predicted molar refractivity (Wildman–Crippen MR) is 45.5 cm³/mol. The number of carbonyl (C=O) groups excluding carboxylic acids is 1. The van der Waals surface area contributed by atoms with E-state index in [4.69, 9.17) is 5.84 Å². The van der Waals surface area contributed by atoms with Gasteiger partial charge in [-0.3, -0.25) is 10.2 Å². The number of rotatable bonds is 1. The molecule has 0 saturated heterocycles. The second-order valence-electron chi connectivity index (χ2n) is 2.43. The Balaban J connectivity index is 2.56. The van der Waals surface area contributed by atoms with E-state index in [2.05, 4.69) is 15.0 Å². The number of hydrogen-bond acceptors (Lipinski definition) is 4. The van der Waals surface area contributed by atoms with Gasteiger partial charge in [0.05, 0.1) is 5.52 Å². The number of amides is 1. The van der Waals surface area contributed by atoms with Crippen molar-refractivity contribution in [2.45, 2.75) is 0 Å². The van der Waals surface area contributed by atoms with Crippen molar-refractivity contribution in [2.75, 3.05) is 0 Å². The summed E-state index contributed by atoms with van der Waals surface area (Å²) in [6.45, 7) is 0. The summed E-state index contributed by atoms with van der Waals surface area (Å²) in [5.41, 5.74) is 3.19. The molecule has 0 bridgehead atoms. The van der Waals surface area contributed by atoms with E-state index in [-0.39, 0.29) is 5.82 Å². The lowest BCUT2D eigenvalue weighted by molar-refractivity contribution is 0.0944. The maximum absolute atomic E-state index is 11.0. The molecule has 13 heavy (non-hydrogen) atoms. The summed E-state index contributed by atoms with van der Waals surface area (Å²) in [4.78, 5) is 21.7. The number of nitrogen functional groups attached to an aromatic ring is 1. The number of aromatic amines is 1. The summed E-state index contributed by atoms with van der Waals surface area (Å²) >= 11 is 0. The number of hydrazine groups is 1. The molecule has 0 fully saturated rings. The van der Waals surface area contributed by atoms with E-state index in [9.17, 15) is 4.79 Å². The molecule has 0 spiro atoms. The number of aromatic nitrogens is 3. The average Bonchev–Trinajstić information content (AvgIpc) is 2.59. The number of fused-ring (bicyclic) bond motifs is 1. The van der Waals surface area contributed by atoms with E-state index in [1.165, 1.54) is 0 Å². The van der Waals surface area contributed by atoms with E-state index in [0.29, 0.717) is 11.2 Å². The van der Waals surface area contributed by atoms with Crippen LogP contribution in [0, 0.1) is 0 Å². The largest absolute Gasteiger partial charge is 0.332 e. The van der Waals surface area contributed by atoms with E-state index in [0.717, 1.165) is 0 Å². The molecule has 0 aliphatic rings. The zero-order valence-electron chi connectivity index (χ0n) is 6.61. The number of imidazole rings is 1. The Bertz CT molecular complexity index is 416. The van der Waals surface area contributed by atoms with Gasteiger partial charge in [-0.15, -0.1) is 0 Å². The first-order chi connectivity index (χ1) is 6.31. The van der Waals surface area contributed by atoms with Crippen LogP contribution in [0.15, 0.2) is 18.3 Å². The molecule has 0 aliphatic heterocycles. The molecular formula is C7H7N5O. The zero-order valence-corrected chi connectivity index (χ0v) is 6.61. The van der Waals surface area contributed by atoms with Gasteiger partial charge in [-0.25, -0.2) is 15.8 Å². The fourth-order valence-electron chi connectivity index (χ4n) is 1.02. The Morgan fingerprint density at radius 1 is 1.62 bits per heavy atom. The lowest BCUT2D eigenvalue weighted by Crippen LogP contribution is -2.30. The fourth-order valence-corrected chi connectivity index (χ4v) is 1.02. The Morgan fingerprint density at radius 3 is 3.15 bits per heavy atom. The van der Waals surface area contributed by atoms with Crippen molar-refractivity contribution in [3.05, 3.63) is 24.2 Å². The minimum absolute atomic E-state index is 0.163. The molecule has 4 N–H and O–H groups in total. The highest BCUT2D eigenvalue weighted by atomic mass is 16.2. The van der Waals surface area contributed by atoms with Gasteiger partial charge in [-0.2, -0.15) is 0 Å². The summed E-state index contributed by atoms with van der Waals surface area (Å²) in [6.07, 6.45) is 1.60. The van der Waals surface area contributed by atoms with Crippen LogP contribution < -0.4 is 11.3 Å². The quantitative estimate of drug-likeness (QED) is 0.312. The van der Waals surface area contributed by atoms with Crippen molar-refractivity contribution >= 4 is 17.1 Å². The number of hydrogen-bond donors (Lipinski definition) is 3. The van der Waals surface area contributed by atoms with Gasteiger partial charge in [0, 0.05) is 6.20 Å². The topological polar surface area (TPSA) is 96.7 Å². The van der Waals surface area contributed by atoms with Crippen LogP contribution in [-0.4, -0.2) is 20.9 Å². The molecule has 0 saturated carbocycles. The predicted octanol–water partition coefficient (Wildman–Crippen LogP) is -0.439. The van der Waals surface area contributed by atoms with Crippen LogP contribution in [0.5, 0.6) is 0 Å². The highest BCUT2D eigenvalue weighted by molar-refractivity contribution is 5.92. The Labute approximate surface area is 73.1 Å². The first-order valence-corrected chi connectivity index (χ1v) is 3.63. The van der Waals surface area contributed by atoms with Crippen molar-refractivity contribution in [3.63, 3.8) is 0 Å². The molecular weight excluding hydrogens is 170 g/mol. The molecule has 2 rings (SSSR count). The normalized spacial score (nSPS) is 10.2. The van der Waals surface area contributed by atoms with Crippen molar-refractivity contribution in [3.8, 4) is 0 Å². The van der Waals surface area contributed by atoms with Gasteiger partial charge in [0.2, 0.25) is 0 Å². The second-order valence-corrected chi connectivity index (χ2v) is 2.43. The van der Waals surface area contributed by atoms with E-state index in [1.807, 2.05) is 5.43 Å². The van der Waals surface area contributed by atoms with Crippen LogP contribution in [0.4, 0.5) is 0 Å². The van der Waals surface area contributed by atoms with E-state index >= 15 is 0 Å². The Kier molecular flexibility index (Phi) is 1.67. The summed E-state index contributed by atoms with van der Waals surface area (Å²) < 4.78 is 0. The van der Waals surface area contributed by atoms with Crippen LogP contribution in [0.25, 0.3) is 11.2 Å². The van der Waals surface area contributed by atoms with E-state index < -0.39 is 5.91 Å². The first kappa shape index (κ1) is 7.69. The van der Waals surface area contributed by atoms with Gasteiger partial charge in [0.25, 0.3) is 0 Å². The molecule has 2 aromatic rings. The van der Waals surface area contributed by atoms with Crippen molar-refractivity contribution in [2.24, 2.45) is 5.84 Å². The number of nitrogens with one attached hydrogen (secondary N) is 2. The summed E-state index contributed by atoms with van der Waals surface area (Å²) in [6, 6.07) is 3.53. The van der Waals surface area contributed by atoms with Crippen molar-refractivity contribution in [1.29, 1.82) is 0 Å². The molecule has 0 radical (unpaired) electrons. The summed E-state index contributed by atoms with van der Waals surface area (Å²) in [5.74, 6) is 4.65. The monoisotopic (exact) mass is 177 g/mol. The van der Waals surface area contributed by atoms with Gasteiger partial charge >= 0.3 is 5.91 Å². The van der Waals surface area contributed by atoms with Crippen molar-refractivity contribution < 1.29 is 4.79 Å². The minimum atomic E-state index is -0.460. The molecule has 1 amide bonds. The first-order valence-electron chi connectivity index (χ1n) is 3.63. The Hall–Kier alpha value is -1.95. The molecule has 6 nitrogen and oxygen atoms in total. The standard InChI is InChI=1S/C7H7N5O/c8-12-7(13)6-10-4-2-1-3-9-5(4)11-6/h1-3H,8H2,(H,12,13)(H,9,10,11). The fraction of sp³-hybridized carbons (Fsp3) is 0. The average molecular weight is 177 g/mol. The molecule has 6 heteroatoms. The van der Waals surface area contributed by atoms with Gasteiger partial charge in [0.15, 0.2) is 11.5 Å². The number of carbonyl (C=O) groups is 1. The molecule has 2 aromatic heterocycles. The van der Waals surface area contributed by atoms with Gasteiger partial charge in [0.1, 0.15) is 0 Å². The maximum Gasteiger partial charge on any atom is 0.301 e. The number of nitrogens with two attached hydrogens (primary N) is 1. The summed E-state index contributed by atoms with van der Waals surface area (Å²) in [7, 11) is 0. The van der Waals surface area contributed by atoms with Gasteiger partial charge < -0.3 is 4.98 Å². The Morgan fingerprint density at radius 2 is 2.46 bits per heavy atom. The molecule has 66 valence electrons. The molecule has 0 unspecified atom stereocenters. The lowest BCUT2D eigenvalue weighted by Gasteiger charge is -1.90. The highest BCUT2D eigenvalue weighted by Gasteiger charge is 2.09. The molecule has 2 heterocycles. The van der Waals surface area contributed by atoms with Gasteiger partial charge in [-0.1, -0.05) is 0 Å². The van der Waals surface area contributed by atoms with E-state index in [1.54, 1.807) is 18.3 Å². The molecule has 0 aliphatic carbocycles. The van der Waals surface area contributed by atoms with Crippen LogP contribution >= 0.6 is 0 Å². The highest BCUT2D eigenvalue weighted by Crippen LogP contribution is 2.06. The minimum Gasteiger partial charge on any atom is -0.332 e. The SMILES string of the molecule is NNC(=O)c1nc2ncccc2[nH]1. The number of H-pyrrole nitrogens is 1. The van der Waals surface area contributed by atoms with Gasteiger partial charge in [-0.05, 0) is 12.1 Å². The second kappa shape index (κ2) is 2.83. The third-order valence-electron chi connectivity index (χ3n) is 1.60. The third-order valence-corrected chi connectivity index (χ3v) is 1.60. The summed E-state index contributed by atoms with van der Waals surface area (Å²) in [5, 5.41) is 0. The van der Waals surface area contributed by atoms with Crippen LogP contribution in [-0.2, 0) is 0 Å². The number of nitrogens with zero attached hydrogens (tertiary/aromatic N) is 2. The van der Waals surface area contributed by atoms with Crippen LogP contribution in [0.2, 0.25) is 0 Å². The third kappa shape index (κ3) is 1.23. The van der Waals surface area contributed by atoms with Crippen LogP contribution in [0.3, 0.4) is 0 Å². The lowest BCUT2D eigenvalue weighted by atomic mass is 10.4. The smallest absolute Gasteiger partial charge is 0.301 e. The molecule has 0 aromatic carbocycles. The van der Waals surface area contributed by atoms with Crippen LogP contribution in [0.1, 0.15) is 10.6 Å².